The topological polar surface area (TPSA) is 70.2 Å². The molecule has 0 saturated heterocycles. The number of hydrogen-bond acceptors (Lipinski definition) is 3. The first-order chi connectivity index (χ1) is 10.8. The highest BCUT2D eigenvalue weighted by atomic mass is 16.2. The van der Waals surface area contributed by atoms with E-state index in [-0.39, 0.29) is 17.2 Å². The highest BCUT2D eigenvalue weighted by molar-refractivity contribution is 5.97. The summed E-state index contributed by atoms with van der Waals surface area (Å²) in [6.45, 7) is 11.2. The van der Waals surface area contributed by atoms with Crippen molar-refractivity contribution in [2.45, 2.75) is 34.1 Å². The van der Waals surface area contributed by atoms with Crippen molar-refractivity contribution in [3.63, 3.8) is 0 Å². The summed E-state index contributed by atoms with van der Waals surface area (Å²) in [4.78, 5) is 24.0. The smallest absolute Gasteiger partial charge is 0.251 e. The lowest BCUT2D eigenvalue weighted by Gasteiger charge is -2.18. The third kappa shape index (κ3) is 7.79. The maximum atomic E-state index is 12.0. The van der Waals surface area contributed by atoms with Gasteiger partial charge < -0.3 is 16.0 Å². The fourth-order valence-corrected chi connectivity index (χ4v) is 1.89. The molecular weight excluding hydrogens is 290 g/mol. The van der Waals surface area contributed by atoms with E-state index in [1.807, 2.05) is 0 Å². The van der Waals surface area contributed by atoms with Crippen LogP contribution in [-0.2, 0) is 0 Å². The van der Waals surface area contributed by atoms with E-state index < -0.39 is 0 Å². The van der Waals surface area contributed by atoms with Crippen molar-refractivity contribution in [1.29, 1.82) is 0 Å². The molecule has 0 spiro atoms. The third-order valence-electron chi connectivity index (χ3n) is 3.20. The second-order valence-electron chi connectivity index (χ2n) is 6.83. The molecule has 2 amide bonds. The number of carbonyl (C=O) groups excluding carboxylic acids is 2. The molecule has 0 radical (unpaired) electrons. The lowest BCUT2D eigenvalue weighted by Crippen LogP contribution is -2.33. The number of benzene rings is 1. The summed E-state index contributed by atoms with van der Waals surface area (Å²) in [6.07, 6.45) is 1.08. The molecule has 128 valence electrons. The molecule has 0 bridgehead atoms. The molecule has 0 aromatic heterocycles. The van der Waals surface area contributed by atoms with Crippen molar-refractivity contribution in [3.05, 3.63) is 35.4 Å². The average molecular weight is 319 g/mol. The van der Waals surface area contributed by atoms with Gasteiger partial charge in [0.05, 0.1) is 0 Å². The largest absolute Gasteiger partial charge is 0.352 e. The minimum Gasteiger partial charge on any atom is -0.352 e. The first-order valence-electron chi connectivity index (χ1n) is 8.20. The van der Waals surface area contributed by atoms with E-state index in [1.54, 1.807) is 24.3 Å². The van der Waals surface area contributed by atoms with Crippen LogP contribution in [0.25, 0.3) is 0 Å². The Kier molecular flexibility index (Phi) is 7.75. The Bertz CT molecular complexity index is 504. The summed E-state index contributed by atoms with van der Waals surface area (Å²) in [5.74, 6) is -0.236. The Morgan fingerprint density at radius 1 is 0.870 bits per heavy atom. The van der Waals surface area contributed by atoms with E-state index in [0.29, 0.717) is 24.2 Å². The van der Waals surface area contributed by atoms with E-state index >= 15 is 0 Å². The number of hydrogen-bond donors (Lipinski definition) is 3. The second kappa shape index (κ2) is 9.30. The van der Waals surface area contributed by atoms with Gasteiger partial charge in [0.25, 0.3) is 11.8 Å². The van der Waals surface area contributed by atoms with Gasteiger partial charge in [0.15, 0.2) is 0 Å². The number of rotatable bonds is 8. The maximum absolute atomic E-state index is 12.0. The lowest BCUT2D eigenvalue weighted by molar-refractivity contribution is 0.0933. The predicted octanol–water partition coefficient (Wildman–Crippen LogP) is 2.19. The fourth-order valence-electron chi connectivity index (χ4n) is 1.89. The molecule has 0 saturated carbocycles. The zero-order chi connectivity index (χ0) is 17.3. The quantitative estimate of drug-likeness (QED) is 0.643. The molecule has 0 unspecified atom stereocenters. The van der Waals surface area contributed by atoms with Gasteiger partial charge in [-0.05, 0) is 42.6 Å². The van der Waals surface area contributed by atoms with Crippen molar-refractivity contribution in [3.8, 4) is 0 Å². The summed E-state index contributed by atoms with van der Waals surface area (Å²) in [5.41, 5.74) is 1.17. The molecule has 0 aliphatic rings. The van der Waals surface area contributed by atoms with Gasteiger partial charge in [-0.1, -0.05) is 27.7 Å². The number of carbonyl (C=O) groups is 2. The van der Waals surface area contributed by atoms with Gasteiger partial charge in [0, 0.05) is 30.8 Å². The van der Waals surface area contributed by atoms with Crippen LogP contribution < -0.4 is 16.0 Å². The molecule has 5 nitrogen and oxygen atoms in total. The van der Waals surface area contributed by atoms with Gasteiger partial charge in [-0.2, -0.15) is 0 Å². The first kappa shape index (κ1) is 19.2. The zero-order valence-electron chi connectivity index (χ0n) is 14.7. The summed E-state index contributed by atoms with van der Waals surface area (Å²) < 4.78 is 0. The van der Waals surface area contributed by atoms with Gasteiger partial charge in [-0.25, -0.2) is 0 Å². The van der Waals surface area contributed by atoms with Crippen molar-refractivity contribution in [2.75, 3.05) is 26.2 Å². The zero-order valence-corrected chi connectivity index (χ0v) is 14.7. The van der Waals surface area contributed by atoms with Crippen LogP contribution in [-0.4, -0.2) is 38.0 Å². The third-order valence-corrected chi connectivity index (χ3v) is 3.20. The first-order valence-corrected chi connectivity index (χ1v) is 8.20. The predicted molar refractivity (Wildman–Crippen MR) is 93.7 cm³/mol. The van der Waals surface area contributed by atoms with Gasteiger partial charge in [0.2, 0.25) is 0 Å². The van der Waals surface area contributed by atoms with Crippen LogP contribution in [0.1, 0.15) is 54.8 Å². The summed E-state index contributed by atoms with van der Waals surface area (Å²) >= 11 is 0. The highest BCUT2D eigenvalue weighted by Crippen LogP contribution is 2.11. The molecule has 1 aromatic rings. The molecule has 1 aromatic carbocycles. The van der Waals surface area contributed by atoms with E-state index in [4.69, 9.17) is 0 Å². The van der Waals surface area contributed by atoms with Gasteiger partial charge in [-0.3, -0.25) is 9.59 Å². The van der Waals surface area contributed by atoms with Crippen LogP contribution in [0.4, 0.5) is 0 Å². The maximum Gasteiger partial charge on any atom is 0.251 e. The van der Waals surface area contributed by atoms with Crippen LogP contribution in [0.3, 0.4) is 0 Å². The second-order valence-corrected chi connectivity index (χ2v) is 6.83. The van der Waals surface area contributed by atoms with Gasteiger partial charge >= 0.3 is 0 Å². The standard InChI is InChI=1S/C18H29N3O2/c1-5-10-19-11-12-20-16(22)14-6-8-15(9-7-14)17(23)21-13-18(2,3)4/h6-9,19H,5,10-13H2,1-4H3,(H,20,22)(H,21,23). The molecule has 0 fully saturated rings. The summed E-state index contributed by atoms with van der Waals surface area (Å²) in [5, 5.41) is 8.97. The average Bonchev–Trinajstić information content (AvgIpc) is 2.51. The molecule has 0 aliphatic carbocycles. The SMILES string of the molecule is CCCNCCNC(=O)c1ccc(C(=O)NCC(C)(C)C)cc1. The van der Waals surface area contributed by atoms with Gasteiger partial charge in [-0.15, -0.1) is 0 Å². The highest BCUT2D eigenvalue weighted by Gasteiger charge is 2.13. The minimum atomic E-state index is -0.120. The van der Waals surface area contributed by atoms with E-state index in [0.717, 1.165) is 19.5 Å². The Hall–Kier alpha value is -1.88. The lowest BCUT2D eigenvalue weighted by atomic mass is 9.97. The van der Waals surface area contributed by atoms with Crippen molar-refractivity contribution >= 4 is 11.8 Å². The van der Waals surface area contributed by atoms with Crippen LogP contribution in [0.15, 0.2) is 24.3 Å². The molecule has 5 heteroatoms. The fraction of sp³-hybridized carbons (Fsp3) is 0.556. The molecule has 1 rings (SSSR count). The van der Waals surface area contributed by atoms with Crippen LogP contribution in [0, 0.1) is 5.41 Å². The van der Waals surface area contributed by atoms with Gasteiger partial charge in [0.1, 0.15) is 0 Å². The molecule has 3 N–H and O–H groups in total. The van der Waals surface area contributed by atoms with Crippen molar-refractivity contribution < 1.29 is 9.59 Å². The van der Waals surface area contributed by atoms with E-state index in [1.165, 1.54) is 0 Å². The van der Waals surface area contributed by atoms with Crippen molar-refractivity contribution in [1.82, 2.24) is 16.0 Å². The minimum absolute atomic E-state index is 0.0430. The number of nitrogens with one attached hydrogen (secondary N) is 3. The van der Waals surface area contributed by atoms with Crippen LogP contribution in [0.5, 0.6) is 0 Å². The van der Waals surface area contributed by atoms with E-state index in [9.17, 15) is 9.59 Å². The molecule has 0 heterocycles. The molecular formula is C18H29N3O2. The molecule has 0 atom stereocenters. The number of amides is 2. The van der Waals surface area contributed by atoms with Crippen LogP contribution >= 0.6 is 0 Å². The van der Waals surface area contributed by atoms with Crippen molar-refractivity contribution in [2.24, 2.45) is 5.41 Å². The molecule has 23 heavy (non-hydrogen) atoms. The summed E-state index contributed by atoms with van der Waals surface area (Å²) in [6, 6.07) is 6.73. The Morgan fingerprint density at radius 3 is 1.87 bits per heavy atom. The Balaban J connectivity index is 2.46. The molecule has 0 aliphatic heterocycles. The monoisotopic (exact) mass is 319 g/mol. The van der Waals surface area contributed by atoms with Crippen LogP contribution in [0.2, 0.25) is 0 Å². The summed E-state index contributed by atoms with van der Waals surface area (Å²) in [7, 11) is 0. The normalized spacial score (nSPS) is 11.1. The van der Waals surface area contributed by atoms with E-state index in [2.05, 4.69) is 43.6 Å². The Labute approximate surface area is 139 Å². The Morgan fingerprint density at radius 2 is 1.39 bits per heavy atom.